The molecule has 0 N–H and O–H groups in total. The summed E-state index contributed by atoms with van der Waals surface area (Å²) in [6, 6.07) is 15.9. The Balaban J connectivity index is 1.45. The summed E-state index contributed by atoms with van der Waals surface area (Å²) in [5.41, 5.74) is 5.22. The van der Waals surface area contributed by atoms with Gasteiger partial charge in [0.1, 0.15) is 5.60 Å². The molecule has 42 heavy (non-hydrogen) atoms. The molecule has 0 aromatic heterocycles. The zero-order chi connectivity index (χ0) is 30.5. The fourth-order valence-corrected chi connectivity index (χ4v) is 6.16. The van der Waals surface area contributed by atoms with E-state index in [9.17, 15) is 9.59 Å². The van der Waals surface area contributed by atoms with E-state index in [0.29, 0.717) is 18.7 Å². The number of piperazine rings is 1. The van der Waals surface area contributed by atoms with Gasteiger partial charge in [-0.05, 0) is 99.9 Å². The maximum Gasteiger partial charge on any atom is 0.410 e. The molecule has 0 saturated carbocycles. The number of benzene rings is 2. The standard InChI is InChI=1S/C34H46ClN3O4/c1-7-41-31(39)26-10-14-29(15-11-26)38-20-18-37(19-21-38)23-27-22-34(5,24-36(6)32(40)42-33(2,3)4)17-16-30(27)25-8-12-28(35)13-9-25/h8-15H,7,16-24H2,1-6H3/t34-/m1/s1. The SMILES string of the molecule is CCOC(=O)c1ccc(N2CCN(CC3=C(c4ccc(Cl)cc4)CC[C@@](C)(CN(C)C(=O)OC(C)(C)C)C3)CC2)cc1. The highest BCUT2D eigenvalue weighted by Gasteiger charge is 2.35. The number of amides is 1. The Morgan fingerprint density at radius 1 is 1.00 bits per heavy atom. The summed E-state index contributed by atoms with van der Waals surface area (Å²) in [6.45, 7) is 15.5. The first-order valence-corrected chi connectivity index (χ1v) is 15.4. The van der Waals surface area contributed by atoms with Gasteiger partial charge in [-0.25, -0.2) is 9.59 Å². The molecule has 1 aliphatic carbocycles. The van der Waals surface area contributed by atoms with Gasteiger partial charge in [0.05, 0.1) is 12.2 Å². The van der Waals surface area contributed by atoms with Gasteiger partial charge in [0.2, 0.25) is 0 Å². The van der Waals surface area contributed by atoms with Crippen LogP contribution in [0.5, 0.6) is 0 Å². The van der Waals surface area contributed by atoms with Crippen LogP contribution in [0, 0.1) is 5.41 Å². The van der Waals surface area contributed by atoms with Gasteiger partial charge >= 0.3 is 12.1 Å². The van der Waals surface area contributed by atoms with Gasteiger partial charge in [-0.2, -0.15) is 0 Å². The third kappa shape index (κ3) is 8.51. The van der Waals surface area contributed by atoms with Crippen molar-refractivity contribution in [3.05, 3.63) is 70.3 Å². The molecule has 2 aliphatic rings. The van der Waals surface area contributed by atoms with Crippen molar-refractivity contribution in [2.45, 2.75) is 59.5 Å². The number of halogens is 1. The largest absolute Gasteiger partial charge is 0.462 e. The zero-order valence-corrected chi connectivity index (χ0v) is 26.8. The lowest BCUT2D eigenvalue weighted by molar-refractivity contribution is 0.0216. The van der Waals surface area contributed by atoms with Crippen molar-refractivity contribution in [2.24, 2.45) is 5.41 Å². The summed E-state index contributed by atoms with van der Waals surface area (Å²) >= 11 is 6.22. The van der Waals surface area contributed by atoms with E-state index < -0.39 is 5.60 Å². The second kappa shape index (κ2) is 13.5. The Morgan fingerprint density at radius 3 is 2.24 bits per heavy atom. The third-order valence-electron chi connectivity index (χ3n) is 8.09. The lowest BCUT2D eigenvalue weighted by atomic mass is 9.71. The van der Waals surface area contributed by atoms with E-state index in [1.165, 1.54) is 16.7 Å². The van der Waals surface area contributed by atoms with Gasteiger partial charge in [0.25, 0.3) is 0 Å². The van der Waals surface area contributed by atoms with Crippen molar-refractivity contribution in [1.82, 2.24) is 9.80 Å². The highest BCUT2D eigenvalue weighted by Crippen LogP contribution is 2.44. The van der Waals surface area contributed by atoms with E-state index >= 15 is 0 Å². The number of esters is 1. The van der Waals surface area contributed by atoms with Crippen LogP contribution in [-0.4, -0.2) is 80.4 Å². The molecule has 2 aromatic rings. The Bertz CT molecular complexity index is 1260. The molecule has 4 rings (SSSR count). The first kappa shape index (κ1) is 31.9. The monoisotopic (exact) mass is 595 g/mol. The fourth-order valence-electron chi connectivity index (χ4n) is 6.03. The van der Waals surface area contributed by atoms with E-state index in [1.54, 1.807) is 4.90 Å². The van der Waals surface area contributed by atoms with Crippen molar-refractivity contribution < 1.29 is 19.1 Å². The van der Waals surface area contributed by atoms with E-state index in [2.05, 4.69) is 28.9 Å². The fraction of sp³-hybridized carbons (Fsp3) is 0.529. The first-order valence-electron chi connectivity index (χ1n) is 15.0. The van der Waals surface area contributed by atoms with Crippen LogP contribution < -0.4 is 4.90 Å². The second-order valence-electron chi connectivity index (χ2n) is 12.9. The number of rotatable bonds is 8. The number of hydrogen-bond acceptors (Lipinski definition) is 6. The summed E-state index contributed by atoms with van der Waals surface area (Å²) in [6.07, 6.45) is 2.61. The number of allylic oxidation sites excluding steroid dienone is 1. The molecule has 7 nitrogen and oxygen atoms in total. The summed E-state index contributed by atoms with van der Waals surface area (Å²) in [7, 11) is 1.84. The normalized spacial score (nSPS) is 19.9. The summed E-state index contributed by atoms with van der Waals surface area (Å²) in [4.78, 5) is 31.4. The maximum atomic E-state index is 12.8. The van der Waals surface area contributed by atoms with Gasteiger partial charge in [0.15, 0.2) is 0 Å². The summed E-state index contributed by atoms with van der Waals surface area (Å²) in [5.74, 6) is -0.282. The minimum Gasteiger partial charge on any atom is -0.462 e. The molecule has 1 atom stereocenters. The number of nitrogens with zero attached hydrogens (tertiary/aromatic N) is 3. The molecule has 228 valence electrons. The van der Waals surface area contributed by atoms with Crippen molar-refractivity contribution >= 4 is 34.9 Å². The van der Waals surface area contributed by atoms with Crippen molar-refractivity contribution in [3.63, 3.8) is 0 Å². The molecular weight excluding hydrogens is 550 g/mol. The molecule has 1 heterocycles. The molecule has 0 unspecified atom stereocenters. The van der Waals surface area contributed by atoms with Crippen LogP contribution in [-0.2, 0) is 9.47 Å². The van der Waals surface area contributed by atoms with E-state index in [1.807, 2.05) is 71.1 Å². The predicted molar refractivity (Wildman–Crippen MR) is 170 cm³/mol. The highest BCUT2D eigenvalue weighted by atomic mass is 35.5. The minimum atomic E-state index is -0.517. The molecule has 1 saturated heterocycles. The van der Waals surface area contributed by atoms with E-state index in [0.717, 1.165) is 62.7 Å². The van der Waals surface area contributed by atoms with Crippen LogP contribution in [0.2, 0.25) is 5.02 Å². The number of anilines is 1. The van der Waals surface area contributed by atoms with Crippen molar-refractivity contribution in [2.75, 3.05) is 57.8 Å². The molecule has 1 amide bonds. The van der Waals surface area contributed by atoms with Gasteiger partial charge in [0, 0.05) is 57.0 Å². The maximum absolute atomic E-state index is 12.8. The Kier molecular flexibility index (Phi) is 10.3. The van der Waals surface area contributed by atoms with Gasteiger partial charge in [-0.1, -0.05) is 36.2 Å². The zero-order valence-electron chi connectivity index (χ0n) is 26.0. The first-order chi connectivity index (χ1) is 19.9. The van der Waals surface area contributed by atoms with Crippen LogP contribution in [0.1, 0.15) is 69.8 Å². The number of ether oxygens (including phenoxy) is 2. The van der Waals surface area contributed by atoms with Crippen LogP contribution in [0.15, 0.2) is 54.1 Å². The summed E-state index contributed by atoms with van der Waals surface area (Å²) < 4.78 is 10.8. The molecule has 1 aliphatic heterocycles. The molecule has 0 bridgehead atoms. The number of hydrogen-bond donors (Lipinski definition) is 0. The van der Waals surface area contributed by atoms with Crippen LogP contribution >= 0.6 is 11.6 Å². The smallest absolute Gasteiger partial charge is 0.410 e. The average molecular weight is 596 g/mol. The topological polar surface area (TPSA) is 62.3 Å². The van der Waals surface area contributed by atoms with Crippen LogP contribution in [0.4, 0.5) is 10.5 Å². The van der Waals surface area contributed by atoms with Gasteiger partial charge in [-0.3, -0.25) is 4.90 Å². The quantitative estimate of drug-likeness (QED) is 0.302. The molecular formula is C34H46ClN3O4. The van der Waals surface area contributed by atoms with Crippen molar-refractivity contribution in [3.8, 4) is 0 Å². The Labute approximate surface area is 256 Å². The van der Waals surface area contributed by atoms with Crippen LogP contribution in [0.25, 0.3) is 5.57 Å². The predicted octanol–water partition coefficient (Wildman–Crippen LogP) is 7.15. The molecule has 8 heteroatoms. The van der Waals surface area contributed by atoms with E-state index in [-0.39, 0.29) is 17.5 Å². The van der Waals surface area contributed by atoms with Gasteiger partial charge in [-0.15, -0.1) is 0 Å². The second-order valence-corrected chi connectivity index (χ2v) is 13.4. The minimum absolute atomic E-state index is 0.0423. The molecule has 0 spiro atoms. The average Bonchev–Trinajstić information content (AvgIpc) is 2.93. The third-order valence-corrected chi connectivity index (χ3v) is 8.34. The number of carbonyl (C=O) groups excluding carboxylic acids is 2. The summed E-state index contributed by atoms with van der Waals surface area (Å²) in [5, 5.41) is 0.743. The van der Waals surface area contributed by atoms with Crippen LogP contribution in [0.3, 0.4) is 0 Å². The Hall–Kier alpha value is -3.03. The lowest BCUT2D eigenvalue weighted by Gasteiger charge is -2.42. The van der Waals surface area contributed by atoms with Crippen molar-refractivity contribution in [1.29, 1.82) is 0 Å². The molecule has 2 aromatic carbocycles. The highest BCUT2D eigenvalue weighted by molar-refractivity contribution is 6.30. The van der Waals surface area contributed by atoms with E-state index in [4.69, 9.17) is 21.1 Å². The Morgan fingerprint density at radius 2 is 1.64 bits per heavy atom. The number of carbonyl (C=O) groups is 2. The molecule has 0 radical (unpaired) electrons. The van der Waals surface area contributed by atoms with Gasteiger partial charge < -0.3 is 19.3 Å². The lowest BCUT2D eigenvalue weighted by Crippen LogP contribution is -2.47. The molecule has 1 fully saturated rings.